The zero-order valence-electron chi connectivity index (χ0n) is 10.1. The first-order valence-electron chi connectivity index (χ1n) is 5.77. The standard InChI is InChI=1S/C13H21NO2/c1-11-6-7-12(16-2)10-13(11)14-8-4-3-5-9-15/h6-7,10,14-15H,3-5,8-9H2,1-2H3. The highest BCUT2D eigenvalue weighted by Gasteiger charge is 1.99. The molecule has 0 saturated carbocycles. The molecule has 0 spiro atoms. The number of aryl methyl sites for hydroxylation is 1. The first-order chi connectivity index (χ1) is 7.77. The number of rotatable bonds is 7. The lowest BCUT2D eigenvalue weighted by molar-refractivity contribution is 0.283. The SMILES string of the molecule is COc1ccc(C)c(NCCCCCO)c1. The van der Waals surface area contributed by atoms with Crippen molar-refractivity contribution >= 4 is 5.69 Å². The molecule has 3 heteroatoms. The summed E-state index contributed by atoms with van der Waals surface area (Å²) in [5, 5.41) is 12.0. The smallest absolute Gasteiger partial charge is 0.120 e. The zero-order chi connectivity index (χ0) is 11.8. The van der Waals surface area contributed by atoms with Crippen molar-refractivity contribution < 1.29 is 9.84 Å². The van der Waals surface area contributed by atoms with Gasteiger partial charge in [-0.25, -0.2) is 0 Å². The van der Waals surface area contributed by atoms with Crippen molar-refractivity contribution in [2.24, 2.45) is 0 Å². The molecule has 0 atom stereocenters. The number of hydrogen-bond acceptors (Lipinski definition) is 3. The van der Waals surface area contributed by atoms with Gasteiger partial charge < -0.3 is 15.2 Å². The van der Waals surface area contributed by atoms with Crippen LogP contribution < -0.4 is 10.1 Å². The summed E-state index contributed by atoms with van der Waals surface area (Å²) in [5.74, 6) is 0.878. The Labute approximate surface area is 97.4 Å². The monoisotopic (exact) mass is 223 g/mol. The summed E-state index contributed by atoms with van der Waals surface area (Å²) in [4.78, 5) is 0. The molecule has 0 heterocycles. The maximum Gasteiger partial charge on any atom is 0.120 e. The lowest BCUT2D eigenvalue weighted by atomic mass is 10.2. The van der Waals surface area contributed by atoms with E-state index in [1.165, 1.54) is 5.56 Å². The van der Waals surface area contributed by atoms with Crippen LogP contribution in [0.5, 0.6) is 5.75 Å². The molecule has 0 aliphatic carbocycles. The third kappa shape index (κ3) is 4.11. The van der Waals surface area contributed by atoms with E-state index in [0.29, 0.717) is 0 Å². The van der Waals surface area contributed by atoms with E-state index in [-0.39, 0.29) is 6.61 Å². The Bertz CT molecular complexity index is 313. The highest BCUT2D eigenvalue weighted by Crippen LogP contribution is 2.21. The maximum absolute atomic E-state index is 8.66. The average Bonchev–Trinajstić information content (AvgIpc) is 2.31. The van der Waals surface area contributed by atoms with E-state index in [4.69, 9.17) is 9.84 Å². The van der Waals surface area contributed by atoms with E-state index < -0.39 is 0 Å². The number of nitrogens with one attached hydrogen (secondary N) is 1. The molecule has 16 heavy (non-hydrogen) atoms. The lowest BCUT2D eigenvalue weighted by Gasteiger charge is -2.10. The van der Waals surface area contributed by atoms with Crippen LogP contribution in [0.15, 0.2) is 18.2 Å². The zero-order valence-corrected chi connectivity index (χ0v) is 10.1. The van der Waals surface area contributed by atoms with Gasteiger partial charge in [0.15, 0.2) is 0 Å². The largest absolute Gasteiger partial charge is 0.497 e. The Morgan fingerprint density at radius 3 is 2.75 bits per heavy atom. The van der Waals surface area contributed by atoms with Gasteiger partial charge in [-0.1, -0.05) is 6.07 Å². The summed E-state index contributed by atoms with van der Waals surface area (Å²) in [6.45, 7) is 3.31. The van der Waals surface area contributed by atoms with Crippen LogP contribution in [-0.2, 0) is 0 Å². The van der Waals surface area contributed by atoms with Crippen LogP contribution in [0, 0.1) is 6.92 Å². The molecular formula is C13H21NO2. The summed E-state index contributed by atoms with van der Waals surface area (Å²) in [6.07, 6.45) is 3.03. The van der Waals surface area contributed by atoms with E-state index in [2.05, 4.69) is 18.3 Å². The molecule has 0 aliphatic rings. The second kappa shape index (κ2) is 7.12. The summed E-state index contributed by atoms with van der Waals surface area (Å²) < 4.78 is 5.18. The van der Waals surface area contributed by atoms with Crippen molar-refractivity contribution in [1.82, 2.24) is 0 Å². The first kappa shape index (κ1) is 12.8. The number of unbranched alkanes of at least 4 members (excludes halogenated alkanes) is 2. The Morgan fingerprint density at radius 2 is 2.06 bits per heavy atom. The van der Waals surface area contributed by atoms with Crippen molar-refractivity contribution in [2.45, 2.75) is 26.2 Å². The normalized spacial score (nSPS) is 10.2. The summed E-state index contributed by atoms with van der Waals surface area (Å²) >= 11 is 0. The molecule has 3 nitrogen and oxygen atoms in total. The van der Waals surface area contributed by atoms with Gasteiger partial charge >= 0.3 is 0 Å². The molecule has 0 saturated heterocycles. The van der Waals surface area contributed by atoms with Crippen LogP contribution in [0.25, 0.3) is 0 Å². The number of ether oxygens (including phenoxy) is 1. The molecule has 1 aromatic rings. The van der Waals surface area contributed by atoms with Crippen LogP contribution in [0.1, 0.15) is 24.8 Å². The highest BCUT2D eigenvalue weighted by molar-refractivity contribution is 5.54. The van der Waals surface area contributed by atoms with Crippen molar-refractivity contribution in [3.05, 3.63) is 23.8 Å². The maximum atomic E-state index is 8.66. The minimum Gasteiger partial charge on any atom is -0.497 e. The molecule has 0 fully saturated rings. The molecule has 0 bridgehead atoms. The van der Waals surface area contributed by atoms with Gasteiger partial charge in [0.05, 0.1) is 7.11 Å². The highest BCUT2D eigenvalue weighted by atomic mass is 16.5. The van der Waals surface area contributed by atoms with Gasteiger partial charge in [0.1, 0.15) is 5.75 Å². The molecule has 0 unspecified atom stereocenters. The van der Waals surface area contributed by atoms with E-state index in [1.807, 2.05) is 12.1 Å². The fourth-order valence-electron chi connectivity index (χ4n) is 1.56. The summed E-state index contributed by atoms with van der Waals surface area (Å²) in [7, 11) is 1.68. The second-order valence-corrected chi connectivity index (χ2v) is 3.89. The number of aliphatic hydroxyl groups is 1. The molecule has 0 radical (unpaired) electrons. The Hall–Kier alpha value is -1.22. The van der Waals surface area contributed by atoms with E-state index in [1.54, 1.807) is 7.11 Å². The average molecular weight is 223 g/mol. The van der Waals surface area contributed by atoms with Gasteiger partial charge in [-0.15, -0.1) is 0 Å². The third-order valence-corrected chi connectivity index (χ3v) is 2.60. The number of anilines is 1. The number of benzene rings is 1. The molecule has 0 aromatic heterocycles. The van der Waals surface area contributed by atoms with Gasteiger partial charge in [0.25, 0.3) is 0 Å². The molecule has 1 rings (SSSR count). The molecular weight excluding hydrogens is 202 g/mol. The minimum atomic E-state index is 0.290. The number of hydrogen-bond donors (Lipinski definition) is 2. The van der Waals surface area contributed by atoms with Gasteiger partial charge in [-0.2, -0.15) is 0 Å². The predicted octanol–water partition coefficient (Wildman–Crippen LogP) is 2.58. The van der Waals surface area contributed by atoms with Crippen molar-refractivity contribution in [2.75, 3.05) is 25.6 Å². The van der Waals surface area contributed by atoms with Crippen molar-refractivity contribution in [1.29, 1.82) is 0 Å². The van der Waals surface area contributed by atoms with E-state index in [9.17, 15) is 0 Å². The fraction of sp³-hybridized carbons (Fsp3) is 0.538. The van der Waals surface area contributed by atoms with E-state index >= 15 is 0 Å². The fourth-order valence-corrected chi connectivity index (χ4v) is 1.56. The Balaban J connectivity index is 2.40. The third-order valence-electron chi connectivity index (χ3n) is 2.60. The van der Waals surface area contributed by atoms with Crippen LogP contribution >= 0.6 is 0 Å². The molecule has 90 valence electrons. The molecule has 0 aliphatic heterocycles. The minimum absolute atomic E-state index is 0.290. The van der Waals surface area contributed by atoms with Gasteiger partial charge in [-0.3, -0.25) is 0 Å². The summed E-state index contributed by atoms with van der Waals surface area (Å²) in [5.41, 5.74) is 2.35. The Kier molecular flexibility index (Phi) is 5.72. The molecule has 0 amide bonds. The predicted molar refractivity (Wildman–Crippen MR) is 67.2 cm³/mol. The molecule has 1 aromatic carbocycles. The van der Waals surface area contributed by atoms with Crippen LogP contribution in [0.2, 0.25) is 0 Å². The quantitative estimate of drug-likeness (QED) is 0.698. The van der Waals surface area contributed by atoms with Crippen LogP contribution in [0.3, 0.4) is 0 Å². The van der Waals surface area contributed by atoms with Gasteiger partial charge in [0.2, 0.25) is 0 Å². The van der Waals surface area contributed by atoms with Gasteiger partial charge in [-0.05, 0) is 37.8 Å². The molecule has 2 N–H and O–H groups in total. The van der Waals surface area contributed by atoms with Crippen LogP contribution in [0.4, 0.5) is 5.69 Å². The van der Waals surface area contributed by atoms with Crippen molar-refractivity contribution in [3.8, 4) is 5.75 Å². The second-order valence-electron chi connectivity index (χ2n) is 3.89. The topological polar surface area (TPSA) is 41.5 Å². The Morgan fingerprint density at radius 1 is 1.25 bits per heavy atom. The van der Waals surface area contributed by atoms with Crippen molar-refractivity contribution in [3.63, 3.8) is 0 Å². The first-order valence-corrected chi connectivity index (χ1v) is 5.77. The lowest BCUT2D eigenvalue weighted by Crippen LogP contribution is -2.03. The number of methoxy groups -OCH3 is 1. The van der Waals surface area contributed by atoms with Gasteiger partial charge in [0, 0.05) is 24.9 Å². The summed E-state index contributed by atoms with van der Waals surface area (Å²) in [6, 6.07) is 6.03. The number of aliphatic hydroxyl groups excluding tert-OH is 1. The van der Waals surface area contributed by atoms with E-state index in [0.717, 1.165) is 37.2 Å². The van der Waals surface area contributed by atoms with Crippen LogP contribution in [-0.4, -0.2) is 25.4 Å².